The van der Waals surface area contributed by atoms with E-state index >= 15 is 0 Å². The van der Waals surface area contributed by atoms with Crippen LogP contribution in [0.5, 0.6) is 0 Å². The molecule has 0 aliphatic carbocycles. The average molecular weight is 275 g/mol. The van der Waals surface area contributed by atoms with Crippen LogP contribution >= 0.6 is 0 Å². The molecule has 7 heteroatoms. The third-order valence-corrected chi connectivity index (χ3v) is 2.56. The fraction of sp³-hybridized carbons (Fsp3) is 0.154. The van der Waals surface area contributed by atoms with Crippen molar-refractivity contribution in [2.24, 2.45) is 0 Å². The van der Waals surface area contributed by atoms with Crippen molar-refractivity contribution in [1.82, 2.24) is 10.3 Å². The molecule has 3 N–H and O–H groups in total. The number of carbonyl (C=O) groups is 2. The molecule has 104 valence electrons. The number of carboxylic acids is 1. The Kier molecular flexibility index (Phi) is 3.99. The van der Waals surface area contributed by atoms with Crippen molar-refractivity contribution in [2.75, 3.05) is 12.4 Å². The van der Waals surface area contributed by atoms with Gasteiger partial charge in [0.1, 0.15) is 11.5 Å². The summed E-state index contributed by atoms with van der Waals surface area (Å²) in [5.74, 6) is -1.01. The Labute approximate surface area is 114 Å². The summed E-state index contributed by atoms with van der Waals surface area (Å²) in [6, 6.07) is 6.27. The Morgan fingerprint density at radius 2 is 2.15 bits per heavy atom. The SMILES string of the molecule is CNC(=O)c1cc(NCc2ccc(C(=O)O)o2)ccn1. The van der Waals surface area contributed by atoms with Gasteiger partial charge in [-0.3, -0.25) is 9.78 Å². The third-order valence-electron chi connectivity index (χ3n) is 2.56. The fourth-order valence-electron chi connectivity index (χ4n) is 1.57. The lowest BCUT2D eigenvalue weighted by Gasteiger charge is -2.05. The largest absolute Gasteiger partial charge is 0.475 e. The summed E-state index contributed by atoms with van der Waals surface area (Å²) < 4.78 is 5.11. The van der Waals surface area contributed by atoms with Gasteiger partial charge >= 0.3 is 5.97 Å². The molecule has 1 amide bonds. The molecule has 0 saturated heterocycles. The summed E-state index contributed by atoms with van der Waals surface area (Å²) >= 11 is 0. The van der Waals surface area contributed by atoms with Gasteiger partial charge in [0.15, 0.2) is 0 Å². The molecule has 0 atom stereocenters. The van der Waals surface area contributed by atoms with Gasteiger partial charge in [-0.2, -0.15) is 0 Å². The number of hydrogen-bond donors (Lipinski definition) is 3. The highest BCUT2D eigenvalue weighted by molar-refractivity contribution is 5.92. The van der Waals surface area contributed by atoms with Crippen LogP contribution in [-0.2, 0) is 6.54 Å². The molecule has 0 aliphatic heterocycles. The number of nitrogens with zero attached hydrogens (tertiary/aromatic N) is 1. The molecule has 0 aromatic carbocycles. The van der Waals surface area contributed by atoms with E-state index in [1.165, 1.54) is 19.3 Å². The molecule has 0 radical (unpaired) electrons. The Balaban J connectivity index is 2.03. The second kappa shape index (κ2) is 5.87. The maximum atomic E-state index is 11.4. The second-order valence-corrected chi connectivity index (χ2v) is 3.93. The highest BCUT2D eigenvalue weighted by Crippen LogP contribution is 2.12. The van der Waals surface area contributed by atoms with Gasteiger partial charge in [0.2, 0.25) is 5.76 Å². The molecule has 0 unspecified atom stereocenters. The molecule has 7 nitrogen and oxygen atoms in total. The fourth-order valence-corrected chi connectivity index (χ4v) is 1.57. The molecule has 2 rings (SSSR count). The lowest BCUT2D eigenvalue weighted by molar-refractivity contribution is 0.0660. The van der Waals surface area contributed by atoms with Gasteiger partial charge in [0.05, 0.1) is 6.54 Å². The number of carboxylic acid groups (broad SMARTS) is 1. The quantitative estimate of drug-likeness (QED) is 0.760. The molecule has 0 spiro atoms. The Morgan fingerprint density at radius 1 is 1.35 bits per heavy atom. The van der Waals surface area contributed by atoms with Crippen LogP contribution < -0.4 is 10.6 Å². The number of rotatable bonds is 5. The number of hydrogen-bond acceptors (Lipinski definition) is 5. The highest BCUT2D eigenvalue weighted by Gasteiger charge is 2.09. The van der Waals surface area contributed by atoms with Crippen LogP contribution in [0.4, 0.5) is 5.69 Å². The third kappa shape index (κ3) is 3.14. The van der Waals surface area contributed by atoms with Gasteiger partial charge in [0.25, 0.3) is 5.91 Å². The molecule has 0 fully saturated rings. The second-order valence-electron chi connectivity index (χ2n) is 3.93. The van der Waals surface area contributed by atoms with Crippen molar-refractivity contribution in [3.63, 3.8) is 0 Å². The average Bonchev–Trinajstić information content (AvgIpc) is 2.93. The number of furan rings is 1. The zero-order chi connectivity index (χ0) is 14.5. The van der Waals surface area contributed by atoms with Crippen LogP contribution in [0, 0.1) is 0 Å². The van der Waals surface area contributed by atoms with Gasteiger partial charge in [-0.1, -0.05) is 0 Å². The standard InChI is InChI=1S/C13H13N3O4/c1-14-12(17)10-6-8(4-5-15-10)16-7-9-2-3-11(20-9)13(18)19/h2-6H,7H2,1H3,(H,14,17)(H,15,16)(H,18,19). The molecule has 20 heavy (non-hydrogen) atoms. The van der Waals surface area contributed by atoms with E-state index in [-0.39, 0.29) is 11.7 Å². The summed E-state index contributed by atoms with van der Waals surface area (Å²) in [6.07, 6.45) is 1.51. The molecule has 2 aromatic rings. The molecular formula is C13H13N3O4. The van der Waals surface area contributed by atoms with Gasteiger partial charge in [-0.05, 0) is 24.3 Å². The van der Waals surface area contributed by atoms with Crippen LogP contribution in [0.3, 0.4) is 0 Å². The topological polar surface area (TPSA) is 104 Å². The lowest BCUT2D eigenvalue weighted by atomic mass is 10.3. The normalized spacial score (nSPS) is 10.1. The first kappa shape index (κ1) is 13.6. The van der Waals surface area contributed by atoms with Crippen molar-refractivity contribution in [3.05, 3.63) is 47.7 Å². The van der Waals surface area contributed by atoms with E-state index in [1.807, 2.05) is 0 Å². The van der Waals surface area contributed by atoms with Gasteiger partial charge in [-0.25, -0.2) is 4.79 Å². The smallest absolute Gasteiger partial charge is 0.371 e. The lowest BCUT2D eigenvalue weighted by Crippen LogP contribution is -2.19. The van der Waals surface area contributed by atoms with Gasteiger partial charge < -0.3 is 20.2 Å². The number of aromatic carboxylic acids is 1. The summed E-state index contributed by atoms with van der Waals surface area (Å²) in [4.78, 5) is 26.0. The number of carbonyl (C=O) groups excluding carboxylic acids is 1. The van der Waals surface area contributed by atoms with Crippen molar-refractivity contribution >= 4 is 17.6 Å². The summed E-state index contributed by atoms with van der Waals surface area (Å²) in [5.41, 5.74) is 0.982. The zero-order valence-electron chi connectivity index (χ0n) is 10.7. The van der Waals surface area contributed by atoms with E-state index in [2.05, 4.69) is 15.6 Å². The van der Waals surface area contributed by atoms with E-state index < -0.39 is 5.97 Å². The molecule has 2 aromatic heterocycles. The maximum Gasteiger partial charge on any atom is 0.371 e. The maximum absolute atomic E-state index is 11.4. The van der Waals surface area contributed by atoms with Crippen LogP contribution in [0.2, 0.25) is 0 Å². The first-order valence-corrected chi connectivity index (χ1v) is 5.84. The summed E-state index contributed by atoms with van der Waals surface area (Å²) in [5, 5.41) is 14.3. The first-order valence-electron chi connectivity index (χ1n) is 5.84. The Morgan fingerprint density at radius 3 is 2.80 bits per heavy atom. The van der Waals surface area contributed by atoms with Crippen LogP contribution in [-0.4, -0.2) is 29.0 Å². The van der Waals surface area contributed by atoms with Crippen LogP contribution in [0.25, 0.3) is 0 Å². The summed E-state index contributed by atoms with van der Waals surface area (Å²) in [6.45, 7) is 0.310. The zero-order valence-corrected chi connectivity index (χ0v) is 10.7. The van der Waals surface area contributed by atoms with E-state index in [1.54, 1.807) is 18.2 Å². The predicted octanol–water partition coefficient (Wildman–Crippen LogP) is 1.34. The minimum absolute atomic E-state index is 0.109. The first-order chi connectivity index (χ1) is 9.60. The van der Waals surface area contributed by atoms with E-state index in [9.17, 15) is 9.59 Å². The molecule has 0 bridgehead atoms. The van der Waals surface area contributed by atoms with Crippen molar-refractivity contribution in [3.8, 4) is 0 Å². The van der Waals surface area contributed by atoms with Crippen LogP contribution in [0.15, 0.2) is 34.9 Å². The van der Waals surface area contributed by atoms with E-state index in [0.717, 1.165) is 0 Å². The van der Waals surface area contributed by atoms with Gasteiger partial charge in [0, 0.05) is 18.9 Å². The minimum Gasteiger partial charge on any atom is -0.475 e. The number of amides is 1. The van der Waals surface area contributed by atoms with E-state index in [4.69, 9.17) is 9.52 Å². The number of anilines is 1. The van der Waals surface area contributed by atoms with Crippen molar-refractivity contribution in [2.45, 2.75) is 6.54 Å². The molecule has 0 aliphatic rings. The van der Waals surface area contributed by atoms with Crippen molar-refractivity contribution in [1.29, 1.82) is 0 Å². The molecule has 0 saturated carbocycles. The Hall–Kier alpha value is -2.83. The van der Waals surface area contributed by atoms with Crippen LogP contribution in [0.1, 0.15) is 26.8 Å². The van der Waals surface area contributed by atoms with E-state index in [0.29, 0.717) is 23.7 Å². The molecular weight excluding hydrogens is 262 g/mol. The number of nitrogens with one attached hydrogen (secondary N) is 2. The monoisotopic (exact) mass is 275 g/mol. The Bertz CT molecular complexity index is 636. The summed E-state index contributed by atoms with van der Waals surface area (Å²) in [7, 11) is 1.53. The van der Waals surface area contributed by atoms with Gasteiger partial charge in [-0.15, -0.1) is 0 Å². The highest BCUT2D eigenvalue weighted by atomic mass is 16.4. The number of pyridine rings is 1. The number of aromatic nitrogens is 1. The molecule has 2 heterocycles. The van der Waals surface area contributed by atoms with Crippen molar-refractivity contribution < 1.29 is 19.1 Å². The predicted molar refractivity (Wildman–Crippen MR) is 70.6 cm³/mol. The minimum atomic E-state index is -1.11.